The Morgan fingerprint density at radius 1 is 1.08 bits per heavy atom. The van der Waals surface area contributed by atoms with Gasteiger partial charge in [-0.15, -0.1) is 0 Å². The summed E-state index contributed by atoms with van der Waals surface area (Å²) < 4.78 is 66.2. The molecule has 1 fully saturated rings. The topological polar surface area (TPSA) is 114 Å². The van der Waals surface area contributed by atoms with Gasteiger partial charge in [0.1, 0.15) is 29.5 Å². The monoisotopic (exact) mass is 538 g/mol. The van der Waals surface area contributed by atoms with E-state index in [2.05, 4.69) is 4.72 Å². The first kappa shape index (κ1) is 26.0. The predicted octanol–water partition coefficient (Wildman–Crippen LogP) is 3.88. The van der Waals surface area contributed by atoms with Crippen LogP contribution in [0.2, 0.25) is 5.02 Å². The molecule has 3 N–H and O–H groups in total. The number of amides is 1. The molecule has 1 heterocycles. The summed E-state index contributed by atoms with van der Waals surface area (Å²) in [4.78, 5) is 12.4. The molecule has 8 nitrogen and oxygen atoms in total. The number of carbonyl (C=O) groups excluding carboxylic acids is 1. The quantitative estimate of drug-likeness (QED) is 0.296. The number of hydroxylamine groups is 1. The van der Waals surface area contributed by atoms with Crippen molar-refractivity contribution in [3.05, 3.63) is 94.5 Å². The van der Waals surface area contributed by atoms with Gasteiger partial charge < -0.3 is 9.47 Å². The number of hydrogen-bond acceptors (Lipinski definition) is 6. The van der Waals surface area contributed by atoms with Gasteiger partial charge in [0, 0.05) is 12.0 Å². The van der Waals surface area contributed by atoms with Crippen LogP contribution in [-0.2, 0) is 26.2 Å². The zero-order valence-corrected chi connectivity index (χ0v) is 20.2. The van der Waals surface area contributed by atoms with Crippen LogP contribution >= 0.6 is 11.6 Å². The molecule has 0 spiro atoms. The van der Waals surface area contributed by atoms with Gasteiger partial charge in [0.05, 0.1) is 22.6 Å². The molecule has 2 unspecified atom stereocenters. The standard InChI is InChI=1S/C24H21ClF2N2O6S/c25-21-11-18(27)6-3-16(21)13-34-19-7-9-20(10-8-19)36(32,33)29-24(23(30)28-31)12-22(35-14-24)15-1-4-17(26)5-2-15/h1-11,22,29,31H,12-14H2,(H,28,30). The normalized spacial score (nSPS) is 19.7. The average molecular weight is 539 g/mol. The molecule has 12 heteroatoms. The van der Waals surface area contributed by atoms with Gasteiger partial charge in [-0.1, -0.05) is 29.8 Å². The first-order valence-corrected chi connectivity index (χ1v) is 12.5. The molecule has 4 rings (SSSR count). The van der Waals surface area contributed by atoms with Gasteiger partial charge in [-0.05, 0) is 54.1 Å². The number of halogens is 3. The van der Waals surface area contributed by atoms with Gasteiger partial charge in [-0.3, -0.25) is 10.0 Å². The lowest BCUT2D eigenvalue weighted by Gasteiger charge is -2.26. The molecule has 1 saturated heterocycles. The molecule has 2 atom stereocenters. The van der Waals surface area contributed by atoms with Crippen molar-refractivity contribution in [1.29, 1.82) is 0 Å². The van der Waals surface area contributed by atoms with E-state index in [9.17, 15) is 27.2 Å². The van der Waals surface area contributed by atoms with Crippen molar-refractivity contribution in [2.45, 2.75) is 29.6 Å². The van der Waals surface area contributed by atoms with Gasteiger partial charge in [0.2, 0.25) is 10.0 Å². The van der Waals surface area contributed by atoms with Crippen molar-refractivity contribution in [2.75, 3.05) is 6.61 Å². The van der Waals surface area contributed by atoms with Crippen molar-refractivity contribution < 1.29 is 36.7 Å². The highest BCUT2D eigenvalue weighted by molar-refractivity contribution is 7.89. The summed E-state index contributed by atoms with van der Waals surface area (Å²) in [6, 6.07) is 14.7. The molecule has 0 saturated carbocycles. The van der Waals surface area contributed by atoms with E-state index in [1.165, 1.54) is 66.1 Å². The third-order valence-electron chi connectivity index (χ3n) is 5.72. The van der Waals surface area contributed by atoms with Gasteiger partial charge in [0.15, 0.2) is 0 Å². The van der Waals surface area contributed by atoms with Crippen LogP contribution in [0, 0.1) is 11.6 Å². The van der Waals surface area contributed by atoms with Crippen molar-refractivity contribution >= 4 is 27.5 Å². The fourth-order valence-electron chi connectivity index (χ4n) is 3.78. The van der Waals surface area contributed by atoms with E-state index in [0.717, 1.165) is 6.07 Å². The van der Waals surface area contributed by atoms with Crippen LogP contribution < -0.4 is 14.9 Å². The van der Waals surface area contributed by atoms with Crippen LogP contribution in [0.5, 0.6) is 5.75 Å². The van der Waals surface area contributed by atoms with E-state index in [1.807, 2.05) is 0 Å². The minimum absolute atomic E-state index is 0.0331. The highest BCUT2D eigenvalue weighted by atomic mass is 35.5. The second-order valence-corrected chi connectivity index (χ2v) is 10.3. The Morgan fingerprint density at radius 3 is 2.39 bits per heavy atom. The fourth-order valence-corrected chi connectivity index (χ4v) is 5.37. The molecule has 3 aromatic rings. The Bertz CT molecular complexity index is 1360. The first-order chi connectivity index (χ1) is 17.1. The first-order valence-electron chi connectivity index (χ1n) is 10.6. The minimum atomic E-state index is -4.25. The number of ether oxygens (including phenoxy) is 2. The molecule has 190 valence electrons. The summed E-state index contributed by atoms with van der Waals surface area (Å²) in [5.41, 5.74) is 0.782. The summed E-state index contributed by atoms with van der Waals surface area (Å²) in [6.07, 6.45) is -0.844. The summed E-state index contributed by atoms with van der Waals surface area (Å²) in [5, 5.41) is 9.46. The lowest BCUT2D eigenvalue weighted by molar-refractivity contribution is -0.135. The van der Waals surface area contributed by atoms with Gasteiger partial charge in [-0.25, -0.2) is 22.7 Å². The molecule has 0 radical (unpaired) electrons. The summed E-state index contributed by atoms with van der Waals surface area (Å²) >= 11 is 5.98. The molecule has 0 aliphatic carbocycles. The van der Waals surface area contributed by atoms with Crippen LogP contribution in [0.15, 0.2) is 71.6 Å². The maximum atomic E-state index is 13.3. The van der Waals surface area contributed by atoms with Gasteiger partial charge in [0.25, 0.3) is 5.91 Å². The Hall–Kier alpha value is -3.09. The third kappa shape index (κ3) is 5.66. The summed E-state index contributed by atoms with van der Waals surface area (Å²) in [5.74, 6) is -1.59. The smallest absolute Gasteiger partial charge is 0.267 e. The van der Waals surface area contributed by atoms with E-state index in [4.69, 9.17) is 21.1 Å². The molecule has 1 aliphatic rings. The minimum Gasteiger partial charge on any atom is -0.489 e. The Labute approximate surface area is 210 Å². The molecular formula is C24H21ClF2N2O6S. The van der Waals surface area contributed by atoms with Crippen LogP contribution in [0.4, 0.5) is 8.78 Å². The third-order valence-corrected chi connectivity index (χ3v) is 7.62. The fraction of sp³-hybridized carbons (Fsp3) is 0.208. The number of nitrogens with one attached hydrogen (secondary N) is 2. The molecular weight excluding hydrogens is 518 g/mol. The van der Waals surface area contributed by atoms with Crippen LogP contribution in [-0.4, -0.2) is 31.7 Å². The van der Waals surface area contributed by atoms with E-state index < -0.39 is 39.2 Å². The van der Waals surface area contributed by atoms with Crippen LogP contribution in [0.1, 0.15) is 23.7 Å². The van der Waals surface area contributed by atoms with E-state index in [1.54, 1.807) is 0 Å². The zero-order chi connectivity index (χ0) is 25.9. The Balaban J connectivity index is 1.48. The van der Waals surface area contributed by atoms with E-state index in [-0.39, 0.29) is 29.6 Å². The number of sulfonamides is 1. The van der Waals surface area contributed by atoms with Crippen molar-refractivity contribution in [3.8, 4) is 5.75 Å². The van der Waals surface area contributed by atoms with Gasteiger partial charge in [-0.2, -0.15) is 4.72 Å². The molecule has 0 aromatic heterocycles. The summed E-state index contributed by atoms with van der Waals surface area (Å²) in [7, 11) is -4.25. The second-order valence-electron chi connectivity index (χ2n) is 8.18. The average Bonchev–Trinajstić information content (AvgIpc) is 3.28. The predicted molar refractivity (Wildman–Crippen MR) is 125 cm³/mol. The lowest BCUT2D eigenvalue weighted by atomic mass is 9.93. The largest absolute Gasteiger partial charge is 0.489 e. The number of carbonyl (C=O) groups is 1. The van der Waals surface area contributed by atoms with Crippen molar-refractivity contribution in [2.24, 2.45) is 0 Å². The molecule has 1 amide bonds. The van der Waals surface area contributed by atoms with Crippen LogP contribution in [0.3, 0.4) is 0 Å². The number of benzene rings is 3. The van der Waals surface area contributed by atoms with Crippen molar-refractivity contribution in [1.82, 2.24) is 10.2 Å². The highest BCUT2D eigenvalue weighted by Crippen LogP contribution is 2.36. The zero-order valence-electron chi connectivity index (χ0n) is 18.6. The number of hydrogen-bond donors (Lipinski definition) is 3. The lowest BCUT2D eigenvalue weighted by Crippen LogP contribution is -2.58. The molecule has 3 aromatic carbocycles. The molecule has 36 heavy (non-hydrogen) atoms. The maximum absolute atomic E-state index is 13.3. The Morgan fingerprint density at radius 2 is 1.75 bits per heavy atom. The molecule has 0 bridgehead atoms. The van der Waals surface area contributed by atoms with Crippen molar-refractivity contribution in [3.63, 3.8) is 0 Å². The molecule has 1 aliphatic heterocycles. The number of rotatable bonds is 8. The van der Waals surface area contributed by atoms with E-state index >= 15 is 0 Å². The highest BCUT2D eigenvalue weighted by Gasteiger charge is 2.49. The maximum Gasteiger partial charge on any atom is 0.267 e. The van der Waals surface area contributed by atoms with Gasteiger partial charge >= 0.3 is 0 Å². The SMILES string of the molecule is O=C(NO)C1(NS(=O)(=O)c2ccc(OCc3ccc(F)cc3Cl)cc2)COC(c2ccc(F)cc2)C1. The Kier molecular flexibility index (Phi) is 7.57. The second kappa shape index (κ2) is 10.5. The summed E-state index contributed by atoms with van der Waals surface area (Å²) in [6.45, 7) is -0.328. The van der Waals surface area contributed by atoms with Crippen LogP contribution in [0.25, 0.3) is 0 Å². The van der Waals surface area contributed by atoms with E-state index in [0.29, 0.717) is 16.9 Å².